The quantitative estimate of drug-likeness (QED) is 0.479. The Labute approximate surface area is 124 Å². The first kappa shape index (κ1) is 14.8. The molecule has 0 unspecified atom stereocenters. The van der Waals surface area contributed by atoms with Crippen molar-refractivity contribution in [2.24, 2.45) is 16.6 Å². The fraction of sp³-hybridized carbons (Fsp3) is 0.583. The zero-order valence-electron chi connectivity index (χ0n) is 9.89. The highest BCUT2D eigenvalue weighted by molar-refractivity contribution is 14.0. The third-order valence-corrected chi connectivity index (χ3v) is 3.94. The summed E-state index contributed by atoms with van der Waals surface area (Å²) in [5.41, 5.74) is 5.78. The predicted molar refractivity (Wildman–Crippen MR) is 85.3 cm³/mol. The van der Waals surface area contributed by atoms with Gasteiger partial charge in [0.1, 0.15) is 0 Å². The second-order valence-electron chi connectivity index (χ2n) is 4.28. The van der Waals surface area contributed by atoms with Gasteiger partial charge in [0.15, 0.2) is 5.96 Å². The summed E-state index contributed by atoms with van der Waals surface area (Å²) < 4.78 is 0. The number of rotatable bonds is 5. The van der Waals surface area contributed by atoms with Gasteiger partial charge in [0.2, 0.25) is 0 Å². The number of halogens is 1. The van der Waals surface area contributed by atoms with Crippen LogP contribution in [-0.2, 0) is 6.42 Å². The molecule has 96 valence electrons. The highest BCUT2D eigenvalue weighted by Gasteiger charge is 2.16. The number of nitrogens with two attached hydrogens (primary N) is 1. The third kappa shape index (κ3) is 5.25. The summed E-state index contributed by atoms with van der Waals surface area (Å²) in [5.74, 6) is 1.39. The number of aliphatic imine (C=N–C) groups is 1. The first-order valence-electron chi connectivity index (χ1n) is 5.91. The maximum atomic E-state index is 5.78. The number of guanidine groups is 1. The fourth-order valence-electron chi connectivity index (χ4n) is 1.73. The van der Waals surface area contributed by atoms with Gasteiger partial charge in [-0.05, 0) is 36.6 Å². The van der Waals surface area contributed by atoms with E-state index < -0.39 is 0 Å². The van der Waals surface area contributed by atoms with E-state index in [2.05, 4.69) is 27.8 Å². The predicted octanol–water partition coefficient (Wildman–Crippen LogP) is 2.61. The summed E-state index contributed by atoms with van der Waals surface area (Å²) >= 11 is 1.78. The number of thiophene rings is 1. The summed E-state index contributed by atoms with van der Waals surface area (Å²) in [6, 6.07) is 4.22. The minimum atomic E-state index is 0. The second kappa shape index (κ2) is 7.92. The Morgan fingerprint density at radius 3 is 2.94 bits per heavy atom. The molecule has 0 aliphatic heterocycles. The van der Waals surface area contributed by atoms with Crippen LogP contribution in [0.3, 0.4) is 0 Å². The Hall–Kier alpha value is -0.300. The zero-order valence-corrected chi connectivity index (χ0v) is 13.0. The molecule has 17 heavy (non-hydrogen) atoms. The lowest BCUT2D eigenvalue weighted by molar-refractivity contribution is 0.326. The Morgan fingerprint density at radius 1 is 1.53 bits per heavy atom. The molecule has 1 aliphatic rings. The molecule has 0 amide bonds. The van der Waals surface area contributed by atoms with Crippen LogP contribution in [0.1, 0.15) is 24.1 Å². The molecule has 5 heteroatoms. The molecule has 3 nitrogen and oxygen atoms in total. The molecular weight excluding hydrogens is 345 g/mol. The lowest BCUT2D eigenvalue weighted by atomic mass is 9.86. The normalized spacial score (nSPS) is 16.1. The van der Waals surface area contributed by atoms with Crippen molar-refractivity contribution in [2.75, 3.05) is 13.1 Å². The molecule has 3 N–H and O–H groups in total. The third-order valence-electron chi connectivity index (χ3n) is 3.00. The van der Waals surface area contributed by atoms with Gasteiger partial charge in [0.05, 0.1) is 0 Å². The zero-order chi connectivity index (χ0) is 11.2. The van der Waals surface area contributed by atoms with E-state index in [1.165, 1.54) is 24.1 Å². The van der Waals surface area contributed by atoms with Crippen molar-refractivity contribution in [3.8, 4) is 0 Å². The highest BCUT2D eigenvalue weighted by atomic mass is 127. The van der Waals surface area contributed by atoms with Crippen LogP contribution >= 0.6 is 35.3 Å². The van der Waals surface area contributed by atoms with E-state index in [0.717, 1.165) is 25.4 Å². The SMILES string of the molecule is I.NC(=NCC1CCC1)NCCc1cccs1. The monoisotopic (exact) mass is 365 g/mol. The van der Waals surface area contributed by atoms with E-state index in [0.29, 0.717) is 5.96 Å². The van der Waals surface area contributed by atoms with Crippen molar-refractivity contribution in [2.45, 2.75) is 25.7 Å². The van der Waals surface area contributed by atoms with Crippen molar-refractivity contribution in [3.05, 3.63) is 22.4 Å². The Bertz CT molecular complexity index is 334. The van der Waals surface area contributed by atoms with E-state index in [-0.39, 0.29) is 24.0 Å². The molecule has 1 saturated carbocycles. The number of nitrogens with zero attached hydrogens (tertiary/aromatic N) is 1. The maximum Gasteiger partial charge on any atom is 0.188 e. The second-order valence-corrected chi connectivity index (χ2v) is 5.31. The van der Waals surface area contributed by atoms with Crippen LogP contribution < -0.4 is 11.1 Å². The summed E-state index contributed by atoms with van der Waals surface area (Å²) in [6.45, 7) is 1.78. The molecule has 1 aromatic heterocycles. The summed E-state index contributed by atoms with van der Waals surface area (Å²) in [5, 5.41) is 5.26. The molecule has 0 bridgehead atoms. The molecule has 1 aliphatic carbocycles. The number of nitrogens with one attached hydrogen (secondary N) is 1. The minimum Gasteiger partial charge on any atom is -0.370 e. The average Bonchev–Trinajstić information content (AvgIpc) is 2.68. The lowest BCUT2D eigenvalue weighted by Crippen LogP contribution is -2.34. The number of hydrogen-bond donors (Lipinski definition) is 2. The summed E-state index contributed by atoms with van der Waals surface area (Å²) in [4.78, 5) is 5.74. The molecule has 0 atom stereocenters. The van der Waals surface area contributed by atoms with Crippen molar-refractivity contribution in [1.82, 2.24) is 5.32 Å². The van der Waals surface area contributed by atoms with Gasteiger partial charge < -0.3 is 11.1 Å². The molecule has 2 rings (SSSR count). The first-order valence-corrected chi connectivity index (χ1v) is 6.79. The first-order chi connectivity index (χ1) is 7.84. The van der Waals surface area contributed by atoms with E-state index in [1.807, 2.05) is 0 Å². The van der Waals surface area contributed by atoms with E-state index >= 15 is 0 Å². The standard InChI is InChI=1S/C12H19N3S.HI/c13-12(15-9-10-3-1-4-10)14-7-6-11-5-2-8-16-11;/h2,5,8,10H,1,3-4,6-7,9H2,(H3,13,14,15);1H. The van der Waals surface area contributed by atoms with Crippen molar-refractivity contribution in [3.63, 3.8) is 0 Å². The van der Waals surface area contributed by atoms with E-state index in [9.17, 15) is 0 Å². The van der Waals surface area contributed by atoms with Gasteiger partial charge in [-0.25, -0.2) is 0 Å². The molecule has 0 aromatic carbocycles. The molecule has 1 fully saturated rings. The Morgan fingerprint density at radius 2 is 2.35 bits per heavy atom. The molecular formula is C12H20IN3S. The minimum absolute atomic E-state index is 0. The Kier molecular flexibility index (Phi) is 6.87. The lowest BCUT2D eigenvalue weighted by Gasteiger charge is -2.23. The largest absolute Gasteiger partial charge is 0.370 e. The van der Waals surface area contributed by atoms with Crippen molar-refractivity contribution in [1.29, 1.82) is 0 Å². The fourth-order valence-corrected chi connectivity index (χ4v) is 2.44. The van der Waals surface area contributed by atoms with Gasteiger partial charge in [-0.2, -0.15) is 0 Å². The van der Waals surface area contributed by atoms with Crippen molar-refractivity contribution >= 4 is 41.3 Å². The van der Waals surface area contributed by atoms with Crippen LogP contribution in [0.25, 0.3) is 0 Å². The molecule has 0 radical (unpaired) electrons. The molecule has 0 saturated heterocycles. The smallest absolute Gasteiger partial charge is 0.188 e. The van der Waals surface area contributed by atoms with Crippen LogP contribution in [0, 0.1) is 5.92 Å². The van der Waals surface area contributed by atoms with Gasteiger partial charge >= 0.3 is 0 Å². The molecule has 1 heterocycles. The van der Waals surface area contributed by atoms with Gasteiger partial charge in [0.25, 0.3) is 0 Å². The van der Waals surface area contributed by atoms with Gasteiger partial charge in [0, 0.05) is 18.0 Å². The summed E-state index contributed by atoms with van der Waals surface area (Å²) in [6.07, 6.45) is 5.04. The van der Waals surface area contributed by atoms with Crippen LogP contribution in [0.15, 0.2) is 22.5 Å². The topological polar surface area (TPSA) is 50.4 Å². The van der Waals surface area contributed by atoms with Crippen molar-refractivity contribution < 1.29 is 0 Å². The number of hydrogen-bond acceptors (Lipinski definition) is 2. The van der Waals surface area contributed by atoms with Crippen LogP contribution in [0.5, 0.6) is 0 Å². The maximum absolute atomic E-state index is 5.78. The van der Waals surface area contributed by atoms with E-state index in [4.69, 9.17) is 5.73 Å². The average molecular weight is 365 g/mol. The van der Waals surface area contributed by atoms with Crippen LogP contribution in [0.2, 0.25) is 0 Å². The van der Waals surface area contributed by atoms with Gasteiger partial charge in [-0.3, -0.25) is 4.99 Å². The van der Waals surface area contributed by atoms with Gasteiger partial charge in [-0.1, -0.05) is 12.5 Å². The van der Waals surface area contributed by atoms with E-state index in [1.54, 1.807) is 11.3 Å². The van der Waals surface area contributed by atoms with Crippen LogP contribution in [-0.4, -0.2) is 19.0 Å². The highest BCUT2D eigenvalue weighted by Crippen LogP contribution is 2.26. The molecule has 1 aromatic rings. The van der Waals surface area contributed by atoms with Crippen LogP contribution in [0.4, 0.5) is 0 Å². The Balaban J connectivity index is 0.00000144. The molecule has 0 spiro atoms. The summed E-state index contributed by atoms with van der Waals surface area (Å²) in [7, 11) is 0. The van der Waals surface area contributed by atoms with Gasteiger partial charge in [-0.15, -0.1) is 35.3 Å².